The second kappa shape index (κ2) is 6.13. The van der Waals surface area contributed by atoms with Gasteiger partial charge in [-0.15, -0.1) is 0 Å². The molecule has 24 heavy (non-hydrogen) atoms. The smallest absolute Gasteiger partial charge is 0.168 e. The maximum absolute atomic E-state index is 12.6. The Morgan fingerprint density at radius 1 is 1.25 bits per heavy atom. The zero-order valence-electron chi connectivity index (χ0n) is 14.5. The SMILES string of the molecule is CCn1c(-c2ccc(OC)cc2)nc(=S)c2c1CC(C)(C)CC2=O. The summed E-state index contributed by atoms with van der Waals surface area (Å²) < 4.78 is 7.77. The number of carbonyl (C=O) groups excluding carboxylic acids is 1. The van der Waals surface area contributed by atoms with Gasteiger partial charge in [-0.2, -0.15) is 0 Å². The first-order valence-electron chi connectivity index (χ1n) is 8.17. The van der Waals surface area contributed by atoms with Crippen molar-refractivity contribution in [3.63, 3.8) is 0 Å². The highest BCUT2D eigenvalue weighted by atomic mass is 32.1. The van der Waals surface area contributed by atoms with Crippen molar-refractivity contribution in [1.29, 1.82) is 0 Å². The van der Waals surface area contributed by atoms with Gasteiger partial charge in [-0.1, -0.05) is 26.1 Å². The molecular formula is C19H22N2O2S. The summed E-state index contributed by atoms with van der Waals surface area (Å²) in [5, 5.41) is 0. The Labute approximate surface area is 147 Å². The molecule has 0 radical (unpaired) electrons. The molecule has 1 heterocycles. The molecule has 1 aromatic heterocycles. The van der Waals surface area contributed by atoms with Crippen LogP contribution in [0.25, 0.3) is 11.4 Å². The van der Waals surface area contributed by atoms with Crippen LogP contribution in [0.15, 0.2) is 24.3 Å². The summed E-state index contributed by atoms with van der Waals surface area (Å²) in [5.41, 5.74) is 2.58. The lowest BCUT2D eigenvalue weighted by Gasteiger charge is -2.32. The number of hydrogen-bond donors (Lipinski definition) is 0. The number of ketones is 1. The minimum absolute atomic E-state index is 0.0543. The van der Waals surface area contributed by atoms with Gasteiger partial charge >= 0.3 is 0 Å². The highest BCUT2D eigenvalue weighted by Gasteiger charge is 2.34. The fourth-order valence-corrected chi connectivity index (χ4v) is 3.72. The first kappa shape index (κ1) is 16.8. The largest absolute Gasteiger partial charge is 0.497 e. The van der Waals surface area contributed by atoms with E-state index in [9.17, 15) is 4.79 Å². The number of Topliss-reactive ketones (excluding diaryl/α,β-unsaturated/α-hetero) is 1. The molecule has 1 aliphatic carbocycles. The van der Waals surface area contributed by atoms with Crippen molar-refractivity contribution in [2.24, 2.45) is 5.41 Å². The van der Waals surface area contributed by atoms with Gasteiger partial charge in [-0.3, -0.25) is 4.79 Å². The highest BCUT2D eigenvalue weighted by Crippen LogP contribution is 2.36. The number of rotatable bonds is 3. The number of carbonyl (C=O) groups is 1. The molecule has 0 fully saturated rings. The summed E-state index contributed by atoms with van der Waals surface area (Å²) in [7, 11) is 1.65. The third kappa shape index (κ3) is 2.88. The van der Waals surface area contributed by atoms with Crippen LogP contribution in [0.2, 0.25) is 0 Å². The number of aromatic nitrogens is 2. The number of nitrogens with zero attached hydrogens (tertiary/aromatic N) is 2. The number of hydrogen-bond acceptors (Lipinski definition) is 4. The molecule has 0 atom stereocenters. The van der Waals surface area contributed by atoms with Crippen molar-refractivity contribution < 1.29 is 9.53 Å². The zero-order chi connectivity index (χ0) is 17.5. The monoisotopic (exact) mass is 342 g/mol. The molecule has 4 nitrogen and oxygen atoms in total. The zero-order valence-corrected chi connectivity index (χ0v) is 15.4. The maximum Gasteiger partial charge on any atom is 0.168 e. The van der Waals surface area contributed by atoms with Crippen LogP contribution in [-0.4, -0.2) is 22.4 Å². The molecule has 0 unspecified atom stereocenters. The van der Waals surface area contributed by atoms with Gasteiger partial charge in [0.2, 0.25) is 0 Å². The summed E-state index contributed by atoms with van der Waals surface area (Å²) in [6, 6.07) is 7.78. The quantitative estimate of drug-likeness (QED) is 0.772. The molecule has 2 aromatic rings. The predicted octanol–water partition coefficient (Wildman–Crippen LogP) is 4.46. The van der Waals surface area contributed by atoms with Crippen LogP contribution >= 0.6 is 12.2 Å². The summed E-state index contributed by atoms with van der Waals surface area (Å²) >= 11 is 5.46. The van der Waals surface area contributed by atoms with Crippen molar-refractivity contribution in [3.05, 3.63) is 40.2 Å². The normalized spacial score (nSPS) is 15.9. The van der Waals surface area contributed by atoms with Crippen molar-refractivity contribution in [1.82, 2.24) is 9.55 Å². The Morgan fingerprint density at radius 2 is 1.92 bits per heavy atom. The fourth-order valence-electron chi connectivity index (χ4n) is 3.40. The van der Waals surface area contributed by atoms with E-state index in [-0.39, 0.29) is 11.2 Å². The lowest BCUT2D eigenvalue weighted by molar-refractivity contribution is 0.0906. The van der Waals surface area contributed by atoms with E-state index in [0.717, 1.165) is 35.8 Å². The molecule has 5 heteroatoms. The lowest BCUT2D eigenvalue weighted by atomic mass is 9.76. The summed E-state index contributed by atoms with van der Waals surface area (Å²) in [5.74, 6) is 1.73. The van der Waals surface area contributed by atoms with E-state index in [1.165, 1.54) is 0 Å². The Morgan fingerprint density at radius 3 is 2.50 bits per heavy atom. The maximum atomic E-state index is 12.6. The van der Waals surface area contributed by atoms with Crippen LogP contribution in [-0.2, 0) is 13.0 Å². The molecule has 126 valence electrons. The fraction of sp³-hybridized carbons (Fsp3) is 0.421. The van der Waals surface area contributed by atoms with E-state index in [1.807, 2.05) is 24.3 Å². The average Bonchev–Trinajstić information content (AvgIpc) is 2.53. The van der Waals surface area contributed by atoms with Gasteiger partial charge in [0.25, 0.3) is 0 Å². The van der Waals surface area contributed by atoms with Crippen molar-refractivity contribution in [3.8, 4) is 17.1 Å². The van der Waals surface area contributed by atoms with Gasteiger partial charge < -0.3 is 9.30 Å². The molecule has 1 aromatic carbocycles. The first-order valence-corrected chi connectivity index (χ1v) is 8.58. The summed E-state index contributed by atoms with van der Waals surface area (Å²) in [6.07, 6.45) is 1.36. The molecule has 3 rings (SSSR count). The predicted molar refractivity (Wildman–Crippen MR) is 97.2 cm³/mol. The summed E-state index contributed by atoms with van der Waals surface area (Å²) in [6.45, 7) is 7.08. The minimum Gasteiger partial charge on any atom is -0.497 e. The highest BCUT2D eigenvalue weighted by molar-refractivity contribution is 7.71. The van der Waals surface area contributed by atoms with Gasteiger partial charge in [0.15, 0.2) is 5.78 Å². The molecule has 0 bridgehead atoms. The third-order valence-corrected chi connectivity index (χ3v) is 4.82. The molecule has 0 aliphatic heterocycles. The molecule has 0 spiro atoms. The molecule has 0 amide bonds. The van der Waals surface area contributed by atoms with E-state index in [2.05, 4.69) is 30.3 Å². The molecule has 0 saturated heterocycles. The van der Waals surface area contributed by atoms with Gasteiger partial charge in [0, 0.05) is 24.2 Å². The second-order valence-electron chi connectivity index (χ2n) is 6.98. The van der Waals surface area contributed by atoms with Crippen LogP contribution < -0.4 is 4.74 Å². The van der Waals surface area contributed by atoms with Crippen LogP contribution in [0.5, 0.6) is 5.75 Å². The van der Waals surface area contributed by atoms with Crippen molar-refractivity contribution in [2.45, 2.75) is 40.2 Å². The lowest BCUT2D eigenvalue weighted by Crippen LogP contribution is -2.31. The average molecular weight is 342 g/mol. The minimum atomic E-state index is -0.0543. The molecule has 1 aliphatic rings. The third-order valence-electron chi connectivity index (χ3n) is 4.52. The number of benzene rings is 1. The van der Waals surface area contributed by atoms with Crippen LogP contribution in [0, 0.1) is 10.1 Å². The van der Waals surface area contributed by atoms with Gasteiger partial charge in [0.1, 0.15) is 16.2 Å². The van der Waals surface area contributed by atoms with E-state index in [0.29, 0.717) is 16.6 Å². The Bertz CT molecular complexity index is 851. The second-order valence-corrected chi connectivity index (χ2v) is 7.36. The Balaban J connectivity index is 2.23. The Kier molecular flexibility index (Phi) is 4.30. The topological polar surface area (TPSA) is 44.1 Å². The molecular weight excluding hydrogens is 320 g/mol. The van der Waals surface area contributed by atoms with Gasteiger partial charge in [-0.25, -0.2) is 4.98 Å². The van der Waals surface area contributed by atoms with Crippen molar-refractivity contribution >= 4 is 18.0 Å². The first-order chi connectivity index (χ1) is 11.4. The van der Waals surface area contributed by atoms with E-state index in [4.69, 9.17) is 17.0 Å². The number of methoxy groups -OCH3 is 1. The molecule has 0 N–H and O–H groups in total. The van der Waals surface area contributed by atoms with Crippen LogP contribution in [0.3, 0.4) is 0 Å². The van der Waals surface area contributed by atoms with E-state index in [1.54, 1.807) is 7.11 Å². The van der Waals surface area contributed by atoms with Crippen molar-refractivity contribution in [2.75, 3.05) is 7.11 Å². The standard InChI is InChI=1S/C19H22N2O2S/c1-5-21-14-10-19(2,3)11-15(22)16(14)18(24)20-17(21)12-6-8-13(23-4)9-7-12/h6-9H,5,10-11H2,1-4H3. The van der Waals surface area contributed by atoms with Gasteiger partial charge in [-0.05, 0) is 43.0 Å². The van der Waals surface area contributed by atoms with E-state index < -0.39 is 0 Å². The number of fused-ring (bicyclic) bond motifs is 1. The molecule has 0 saturated carbocycles. The van der Waals surface area contributed by atoms with Crippen LogP contribution in [0.4, 0.5) is 0 Å². The van der Waals surface area contributed by atoms with E-state index >= 15 is 0 Å². The van der Waals surface area contributed by atoms with Gasteiger partial charge in [0.05, 0.1) is 12.7 Å². The van der Waals surface area contributed by atoms with Crippen LogP contribution in [0.1, 0.15) is 43.2 Å². The Hall–Kier alpha value is -2.01. The number of ether oxygens (including phenoxy) is 1. The summed E-state index contributed by atoms with van der Waals surface area (Å²) in [4.78, 5) is 17.2.